The Morgan fingerprint density at radius 2 is 1.49 bits per heavy atom. The summed E-state index contributed by atoms with van der Waals surface area (Å²) in [5.41, 5.74) is 0.656. The molecule has 7 rings (SSSR count). The molecular formula is C50H62N11O15P. The molecule has 5 aromatic rings. The van der Waals surface area contributed by atoms with Gasteiger partial charge in [-0.05, 0) is 61.1 Å². The molecule has 27 heteroatoms. The summed E-state index contributed by atoms with van der Waals surface area (Å²) in [5.74, 6) is -1.51. The van der Waals surface area contributed by atoms with Crippen molar-refractivity contribution in [2.75, 3.05) is 52.4 Å². The Balaban J connectivity index is 1.10. The van der Waals surface area contributed by atoms with Crippen LogP contribution in [0.4, 0.5) is 11.9 Å². The number of aromatic nitrogens is 7. The second-order valence-corrected chi connectivity index (χ2v) is 19.7. The van der Waals surface area contributed by atoms with Gasteiger partial charge in [-0.15, -0.1) is 0 Å². The first-order valence-corrected chi connectivity index (χ1v) is 26.5. The van der Waals surface area contributed by atoms with Gasteiger partial charge in [-0.25, -0.2) is 29.1 Å². The van der Waals surface area contributed by atoms with Crippen LogP contribution < -0.4 is 26.0 Å². The highest BCUT2D eigenvalue weighted by Crippen LogP contribution is 2.54. The molecule has 2 aromatic carbocycles. The van der Waals surface area contributed by atoms with E-state index in [0.717, 1.165) is 60.5 Å². The number of aliphatic imine (C=N–C) groups is 1. The zero-order chi connectivity index (χ0) is 54.9. The fourth-order valence-electron chi connectivity index (χ4n) is 8.00. The number of benzene rings is 2. The van der Waals surface area contributed by atoms with Gasteiger partial charge in [0.25, 0.3) is 17.4 Å². The maximum absolute atomic E-state index is 14.7. The van der Waals surface area contributed by atoms with Crippen molar-refractivity contribution in [2.24, 2.45) is 4.99 Å². The standard InChI is InChI=1S/C50H62N11O15P/c1-6-8-11-33-13-17-35(18-14-33)69-27-41(63)55-49-56-46-45(47(65)57-49)52-30-60(46)42-23-37(75-44(64)28-70-36-19-15-34(16-20-36)12-9-7-2)40(74-42)26-72-77(67,71-22-10-21-51)76-38-24-43(73-39(38)25-68-32(3)62)61-31-54-48(58-50(61)66)53-29-59(4)5/h13-20,29-31,37-40,42-43H,6-12,22-28H2,1-5H3,(H2,55,56,57,63,65)/b53-29-/t37-,38-,39?,40?,42-,43-,77?/m1/s1. The van der Waals surface area contributed by atoms with Crippen molar-refractivity contribution < 1.29 is 60.9 Å². The average molecular weight is 1090 g/mol. The second-order valence-electron chi connectivity index (χ2n) is 18.1. The molecule has 3 aromatic heterocycles. The first-order chi connectivity index (χ1) is 37.1. The summed E-state index contributed by atoms with van der Waals surface area (Å²) in [6.45, 7) is 3.03. The number of H-pyrrole nitrogens is 1. The Bertz CT molecular complexity index is 3030. The number of nitriles is 1. The number of hydrogen-bond donors (Lipinski definition) is 2. The van der Waals surface area contributed by atoms with Crippen molar-refractivity contribution in [1.82, 2.24) is 39.0 Å². The Hall–Kier alpha value is -7.40. The van der Waals surface area contributed by atoms with Gasteiger partial charge in [0.2, 0.25) is 5.95 Å². The van der Waals surface area contributed by atoms with Gasteiger partial charge in [0.05, 0.1) is 38.4 Å². The van der Waals surface area contributed by atoms with Crippen molar-refractivity contribution in [3.63, 3.8) is 0 Å². The number of phosphoric ester groups is 1. The van der Waals surface area contributed by atoms with E-state index in [9.17, 15) is 33.8 Å². The smallest absolute Gasteiger partial charge is 0.475 e. The molecule has 0 saturated carbocycles. The van der Waals surface area contributed by atoms with E-state index in [1.807, 2.05) is 30.3 Å². The molecule has 0 radical (unpaired) electrons. The van der Waals surface area contributed by atoms with Crippen molar-refractivity contribution in [3.8, 4) is 17.6 Å². The minimum atomic E-state index is -4.78. The zero-order valence-corrected chi connectivity index (χ0v) is 44.2. The van der Waals surface area contributed by atoms with Crippen LogP contribution in [0, 0.1) is 11.3 Å². The molecule has 412 valence electrons. The van der Waals surface area contributed by atoms with Crippen LogP contribution in [-0.2, 0) is 64.3 Å². The van der Waals surface area contributed by atoms with Gasteiger partial charge >= 0.3 is 25.5 Å². The van der Waals surface area contributed by atoms with E-state index in [2.05, 4.69) is 49.1 Å². The van der Waals surface area contributed by atoms with Crippen molar-refractivity contribution in [1.29, 1.82) is 5.26 Å². The first kappa shape index (κ1) is 57.3. The molecule has 2 aliphatic heterocycles. The normalized spacial score (nSPS) is 19.9. The number of phosphoric acid groups is 1. The molecule has 7 atom stereocenters. The maximum Gasteiger partial charge on any atom is 0.475 e. The number of nitrogens with one attached hydrogen (secondary N) is 2. The van der Waals surface area contributed by atoms with Crippen molar-refractivity contribution in [3.05, 3.63) is 93.2 Å². The summed E-state index contributed by atoms with van der Waals surface area (Å²) in [6.07, 6.45) is 2.36. The lowest BCUT2D eigenvalue weighted by Crippen LogP contribution is -2.33. The van der Waals surface area contributed by atoms with Crippen LogP contribution in [0.15, 0.2) is 75.8 Å². The number of esters is 2. The number of unbranched alkanes of at least 4 members (excludes halogenated alkanes) is 2. The van der Waals surface area contributed by atoms with Crippen LogP contribution >= 0.6 is 7.82 Å². The average Bonchev–Trinajstić information content (AvgIpc) is 4.19. The molecule has 77 heavy (non-hydrogen) atoms. The molecule has 0 aliphatic carbocycles. The van der Waals surface area contributed by atoms with E-state index in [1.165, 1.54) is 24.2 Å². The van der Waals surface area contributed by atoms with Gasteiger partial charge in [0.15, 0.2) is 24.4 Å². The molecule has 1 amide bonds. The van der Waals surface area contributed by atoms with E-state index >= 15 is 0 Å². The number of rotatable bonds is 28. The minimum absolute atomic E-state index is 0.0149. The molecule has 2 aliphatic rings. The Kier molecular flexibility index (Phi) is 20.5. The van der Waals surface area contributed by atoms with E-state index in [-0.39, 0.29) is 42.3 Å². The number of anilines is 1. The van der Waals surface area contributed by atoms with Crippen LogP contribution in [0.25, 0.3) is 11.2 Å². The highest BCUT2D eigenvalue weighted by Gasteiger charge is 2.46. The lowest BCUT2D eigenvalue weighted by atomic mass is 10.1. The molecule has 0 spiro atoms. The molecule has 2 N–H and O–H groups in total. The van der Waals surface area contributed by atoms with Crippen molar-refractivity contribution >= 4 is 55.1 Å². The number of carbonyl (C=O) groups excluding carboxylic acids is 3. The van der Waals surface area contributed by atoms with Gasteiger partial charge in [0, 0.05) is 33.9 Å². The number of aromatic amines is 1. The van der Waals surface area contributed by atoms with Gasteiger partial charge in [0.1, 0.15) is 61.3 Å². The lowest BCUT2D eigenvalue weighted by Gasteiger charge is -2.26. The number of nitrogens with zero attached hydrogens (tertiary/aromatic N) is 9. The predicted octanol–water partition coefficient (Wildman–Crippen LogP) is 5.26. The van der Waals surface area contributed by atoms with Crippen LogP contribution in [0.1, 0.15) is 89.3 Å². The second kappa shape index (κ2) is 27.6. The summed E-state index contributed by atoms with van der Waals surface area (Å²) in [6, 6.07) is 16.6. The third kappa shape index (κ3) is 16.5. The van der Waals surface area contributed by atoms with E-state index < -0.39 is 107 Å². The fraction of sp³-hybridized carbons (Fsp3) is 0.500. The molecule has 0 bridgehead atoms. The number of fused-ring (bicyclic) bond motifs is 1. The zero-order valence-electron chi connectivity index (χ0n) is 43.3. The van der Waals surface area contributed by atoms with E-state index in [0.29, 0.717) is 11.5 Å². The van der Waals surface area contributed by atoms with Gasteiger partial charge < -0.3 is 33.3 Å². The van der Waals surface area contributed by atoms with Gasteiger partial charge in [-0.1, -0.05) is 51.0 Å². The summed E-state index contributed by atoms with van der Waals surface area (Å²) in [5, 5.41) is 11.9. The summed E-state index contributed by atoms with van der Waals surface area (Å²) in [7, 11) is -1.33. The number of carbonyl (C=O) groups is 3. The van der Waals surface area contributed by atoms with Crippen LogP contribution in [-0.4, -0.2) is 135 Å². The molecule has 5 heterocycles. The summed E-state index contributed by atoms with van der Waals surface area (Å²) in [4.78, 5) is 89.9. The largest absolute Gasteiger partial charge is 0.484 e. The minimum Gasteiger partial charge on any atom is -0.484 e. The lowest BCUT2D eigenvalue weighted by molar-refractivity contribution is -0.155. The summed E-state index contributed by atoms with van der Waals surface area (Å²) >= 11 is 0. The van der Waals surface area contributed by atoms with Crippen LogP contribution in [0.2, 0.25) is 0 Å². The number of imidazole rings is 1. The Morgan fingerprint density at radius 1 is 0.870 bits per heavy atom. The number of hydrogen-bond acceptors (Lipinski definition) is 21. The van der Waals surface area contributed by atoms with E-state index in [1.54, 1.807) is 43.3 Å². The van der Waals surface area contributed by atoms with Crippen molar-refractivity contribution in [2.45, 2.75) is 115 Å². The Morgan fingerprint density at radius 3 is 2.12 bits per heavy atom. The van der Waals surface area contributed by atoms with E-state index in [4.69, 9.17) is 42.0 Å². The molecule has 26 nitrogen and oxygen atoms in total. The molecule has 3 unspecified atom stereocenters. The fourth-order valence-corrected chi connectivity index (χ4v) is 9.39. The SMILES string of the molecule is CCCCc1ccc(OCC(=O)Nc2nc3c(ncn3[C@H]3C[C@@H](OC(=O)COc4ccc(CCCC)cc4)C(COP(=O)(OCCC#N)O[C@@H]4C[C@H](n5cnc(/N=C\N(C)C)nc5=O)OC4COC(C)=O)O3)c(=O)[nH]2)cc1. The number of ether oxygens (including phenoxy) is 6. The third-order valence-corrected chi connectivity index (χ3v) is 13.4. The molecule has 2 saturated heterocycles. The van der Waals surface area contributed by atoms with Crippen LogP contribution in [0.3, 0.4) is 0 Å². The maximum atomic E-state index is 14.7. The van der Waals surface area contributed by atoms with Gasteiger partial charge in [-0.3, -0.25) is 47.4 Å². The Labute approximate surface area is 442 Å². The number of amides is 1. The highest BCUT2D eigenvalue weighted by molar-refractivity contribution is 7.48. The quantitative estimate of drug-likeness (QED) is 0.0212. The van der Waals surface area contributed by atoms with Gasteiger partial charge in [-0.2, -0.15) is 15.2 Å². The first-order valence-electron chi connectivity index (χ1n) is 25.1. The molecular weight excluding hydrogens is 1030 g/mol. The topological polar surface area (TPSA) is 314 Å². The monoisotopic (exact) mass is 1090 g/mol. The third-order valence-electron chi connectivity index (χ3n) is 11.9. The summed E-state index contributed by atoms with van der Waals surface area (Å²) < 4.78 is 69.9. The predicted molar refractivity (Wildman–Crippen MR) is 274 cm³/mol. The number of aryl methyl sites for hydroxylation is 2. The highest BCUT2D eigenvalue weighted by atomic mass is 31.2. The molecule has 2 fully saturated rings. The van der Waals surface area contributed by atoms with Crippen LogP contribution in [0.5, 0.6) is 11.5 Å².